The molecule has 1 unspecified atom stereocenters. The summed E-state index contributed by atoms with van der Waals surface area (Å²) in [5, 5.41) is 2.05. The fourth-order valence-corrected chi connectivity index (χ4v) is 3.28. The van der Waals surface area contributed by atoms with Crippen LogP contribution in [0.1, 0.15) is 37.5 Å². The first kappa shape index (κ1) is 13.3. The molecule has 104 valence electrons. The topological polar surface area (TPSA) is 43.8 Å². The van der Waals surface area contributed by atoms with E-state index in [-0.39, 0.29) is 11.6 Å². The summed E-state index contributed by atoms with van der Waals surface area (Å²) in [4.78, 5) is 5.92. The fraction of sp³-hybridized carbons (Fsp3) is 0.312. The molecule has 2 aromatic heterocycles. The number of fused-ring (bicyclic) bond motifs is 1. The highest BCUT2D eigenvalue weighted by molar-refractivity contribution is 7.10. The molecular formula is C16H19N3S. The number of hydrogen-bond donors (Lipinski definition) is 1. The maximum absolute atomic E-state index is 6.45. The molecule has 1 atom stereocenters. The van der Waals surface area contributed by atoms with Crippen LogP contribution in [-0.2, 0) is 5.54 Å². The van der Waals surface area contributed by atoms with Crippen molar-refractivity contribution in [1.82, 2.24) is 9.55 Å². The van der Waals surface area contributed by atoms with Gasteiger partial charge in [0, 0.05) is 10.4 Å². The summed E-state index contributed by atoms with van der Waals surface area (Å²) in [6.07, 6.45) is 0. The number of nitrogens with two attached hydrogens (primary N) is 1. The summed E-state index contributed by atoms with van der Waals surface area (Å²) in [6, 6.07) is 12.1. The highest BCUT2D eigenvalue weighted by Crippen LogP contribution is 2.31. The van der Waals surface area contributed by atoms with Crippen LogP contribution in [0.3, 0.4) is 0 Å². The molecule has 0 bridgehead atoms. The van der Waals surface area contributed by atoms with Crippen LogP contribution in [0.15, 0.2) is 41.8 Å². The van der Waals surface area contributed by atoms with Gasteiger partial charge >= 0.3 is 0 Å². The highest BCUT2D eigenvalue weighted by atomic mass is 32.1. The Morgan fingerprint density at radius 1 is 1.15 bits per heavy atom. The molecule has 3 nitrogen and oxygen atoms in total. The number of imidazole rings is 1. The molecule has 0 saturated carbocycles. The summed E-state index contributed by atoms with van der Waals surface area (Å²) in [5.74, 6) is 0.932. The van der Waals surface area contributed by atoms with Gasteiger partial charge in [0.25, 0.3) is 0 Å². The first-order valence-electron chi connectivity index (χ1n) is 6.75. The normalized spacial score (nSPS) is 13.8. The zero-order valence-corrected chi connectivity index (χ0v) is 12.8. The number of thiophene rings is 1. The first-order valence-corrected chi connectivity index (χ1v) is 7.63. The molecule has 0 aliphatic carbocycles. The van der Waals surface area contributed by atoms with E-state index in [9.17, 15) is 0 Å². The molecule has 0 saturated heterocycles. The summed E-state index contributed by atoms with van der Waals surface area (Å²) < 4.78 is 2.26. The molecule has 4 heteroatoms. The zero-order valence-electron chi connectivity index (χ0n) is 12.0. The maximum atomic E-state index is 6.45. The molecule has 2 heterocycles. The number of aromatic nitrogens is 2. The number of rotatable bonds is 2. The van der Waals surface area contributed by atoms with Gasteiger partial charge in [0.1, 0.15) is 5.82 Å². The molecule has 2 N–H and O–H groups in total. The van der Waals surface area contributed by atoms with Crippen LogP contribution in [0.2, 0.25) is 0 Å². The second-order valence-corrected chi connectivity index (χ2v) is 6.94. The molecule has 3 rings (SSSR count). The van der Waals surface area contributed by atoms with Gasteiger partial charge in [-0.15, -0.1) is 11.3 Å². The number of benzene rings is 1. The van der Waals surface area contributed by atoms with E-state index in [1.54, 1.807) is 11.3 Å². The number of hydrogen-bond acceptors (Lipinski definition) is 3. The fourth-order valence-electron chi connectivity index (χ4n) is 2.55. The van der Waals surface area contributed by atoms with E-state index in [1.807, 2.05) is 24.3 Å². The Kier molecular flexibility index (Phi) is 3.15. The largest absolute Gasteiger partial charge is 0.321 e. The van der Waals surface area contributed by atoms with E-state index in [4.69, 9.17) is 10.7 Å². The average Bonchev–Trinajstić information content (AvgIpc) is 3.04. The Labute approximate surface area is 123 Å². The van der Waals surface area contributed by atoms with Gasteiger partial charge in [-0.05, 0) is 44.4 Å². The monoisotopic (exact) mass is 285 g/mol. The lowest BCUT2D eigenvalue weighted by Crippen LogP contribution is -2.27. The third-order valence-electron chi connectivity index (χ3n) is 3.39. The smallest absolute Gasteiger partial charge is 0.132 e. The molecule has 3 aromatic rings. The zero-order chi connectivity index (χ0) is 14.3. The van der Waals surface area contributed by atoms with Gasteiger partial charge in [-0.3, -0.25) is 0 Å². The summed E-state index contributed by atoms with van der Waals surface area (Å²) in [6.45, 7) is 6.56. The minimum atomic E-state index is -0.179. The van der Waals surface area contributed by atoms with Crippen molar-refractivity contribution < 1.29 is 0 Å². The minimum absolute atomic E-state index is 0.0552. The lowest BCUT2D eigenvalue weighted by molar-refractivity contribution is 0.389. The van der Waals surface area contributed by atoms with Crippen LogP contribution < -0.4 is 5.73 Å². The van der Waals surface area contributed by atoms with Crippen molar-refractivity contribution in [1.29, 1.82) is 0 Å². The average molecular weight is 285 g/mol. The van der Waals surface area contributed by atoms with Gasteiger partial charge < -0.3 is 10.3 Å². The quantitative estimate of drug-likeness (QED) is 0.776. The lowest BCUT2D eigenvalue weighted by Gasteiger charge is -2.26. The predicted octanol–water partition coefficient (Wildman–Crippen LogP) is 3.90. The van der Waals surface area contributed by atoms with Crippen molar-refractivity contribution in [2.75, 3.05) is 0 Å². The molecule has 0 fully saturated rings. The minimum Gasteiger partial charge on any atom is -0.321 e. The Morgan fingerprint density at radius 2 is 1.90 bits per heavy atom. The predicted molar refractivity (Wildman–Crippen MR) is 85.1 cm³/mol. The van der Waals surface area contributed by atoms with Crippen LogP contribution in [0.4, 0.5) is 0 Å². The summed E-state index contributed by atoms with van der Waals surface area (Å²) in [7, 11) is 0. The lowest BCUT2D eigenvalue weighted by atomic mass is 10.1. The van der Waals surface area contributed by atoms with E-state index in [2.05, 4.69) is 42.9 Å². The Morgan fingerprint density at radius 3 is 2.55 bits per heavy atom. The second kappa shape index (κ2) is 4.72. The van der Waals surface area contributed by atoms with Crippen LogP contribution in [0.5, 0.6) is 0 Å². The van der Waals surface area contributed by atoms with Crippen LogP contribution in [-0.4, -0.2) is 9.55 Å². The van der Waals surface area contributed by atoms with Crippen molar-refractivity contribution >= 4 is 22.4 Å². The summed E-state index contributed by atoms with van der Waals surface area (Å²) >= 11 is 1.68. The molecule has 1 aromatic carbocycles. The third-order valence-corrected chi connectivity index (χ3v) is 4.34. The van der Waals surface area contributed by atoms with Crippen molar-refractivity contribution in [3.05, 3.63) is 52.5 Å². The van der Waals surface area contributed by atoms with Gasteiger partial charge in [-0.2, -0.15) is 0 Å². The van der Waals surface area contributed by atoms with Crippen molar-refractivity contribution in [2.45, 2.75) is 32.4 Å². The molecule has 0 radical (unpaired) electrons. The van der Waals surface area contributed by atoms with Crippen LogP contribution in [0, 0.1) is 0 Å². The van der Waals surface area contributed by atoms with Crippen molar-refractivity contribution in [3.63, 3.8) is 0 Å². The second-order valence-electron chi connectivity index (χ2n) is 5.96. The van der Waals surface area contributed by atoms with E-state index < -0.39 is 0 Å². The van der Waals surface area contributed by atoms with Gasteiger partial charge in [0.05, 0.1) is 17.1 Å². The molecular weight excluding hydrogens is 266 g/mol. The van der Waals surface area contributed by atoms with Crippen LogP contribution in [0.25, 0.3) is 11.0 Å². The molecule has 0 aliphatic rings. The van der Waals surface area contributed by atoms with E-state index >= 15 is 0 Å². The van der Waals surface area contributed by atoms with Gasteiger partial charge in [-0.25, -0.2) is 4.98 Å². The van der Waals surface area contributed by atoms with E-state index in [0.717, 1.165) is 21.7 Å². The molecule has 20 heavy (non-hydrogen) atoms. The van der Waals surface area contributed by atoms with Gasteiger partial charge in [0.15, 0.2) is 0 Å². The van der Waals surface area contributed by atoms with E-state index in [1.165, 1.54) is 0 Å². The van der Waals surface area contributed by atoms with Gasteiger partial charge in [-0.1, -0.05) is 18.2 Å². The number of nitrogens with zero attached hydrogens (tertiary/aromatic N) is 2. The van der Waals surface area contributed by atoms with Crippen molar-refractivity contribution in [2.24, 2.45) is 5.73 Å². The SMILES string of the molecule is CC(C)(C)n1c(C(N)c2cccs2)nc2ccccc21. The standard InChI is InChI=1S/C16H19N3S/c1-16(2,3)19-12-8-5-4-7-11(12)18-15(19)14(17)13-9-6-10-20-13/h4-10,14H,17H2,1-3H3. The highest BCUT2D eigenvalue weighted by Gasteiger charge is 2.25. The third kappa shape index (κ3) is 2.15. The summed E-state index contributed by atoms with van der Waals surface area (Å²) in [5.41, 5.74) is 8.54. The molecule has 0 amide bonds. The molecule has 0 spiro atoms. The Bertz CT molecular complexity index is 720. The van der Waals surface area contributed by atoms with E-state index in [0.29, 0.717) is 0 Å². The van der Waals surface area contributed by atoms with Crippen LogP contribution >= 0.6 is 11.3 Å². The maximum Gasteiger partial charge on any atom is 0.132 e. The van der Waals surface area contributed by atoms with Gasteiger partial charge in [0.2, 0.25) is 0 Å². The molecule has 0 aliphatic heterocycles. The number of para-hydroxylation sites is 2. The Hall–Kier alpha value is -1.65. The van der Waals surface area contributed by atoms with Crippen molar-refractivity contribution in [3.8, 4) is 0 Å². The Balaban J connectivity index is 2.24. The first-order chi connectivity index (χ1) is 9.48.